The smallest absolute Gasteiger partial charge is 0.0285 e. The average molecular weight is 817 g/mol. The van der Waals surface area contributed by atoms with Gasteiger partial charge in [0.1, 0.15) is 0 Å². The SMILES string of the molecule is CC1(C)c2ccccc2-c2ccc(-c3ccc4c(c3)C(C)(C)c3cc(-c5ccc(-c6ccc(-c7ccc(-c8ccc9c%10c8CC=CC%10c8ccccc8-9)cc7)cc6)cc5)ccc3-4)cc21. The van der Waals surface area contributed by atoms with Gasteiger partial charge in [0.2, 0.25) is 0 Å². The van der Waals surface area contributed by atoms with Crippen molar-refractivity contribution in [1.82, 2.24) is 0 Å². The van der Waals surface area contributed by atoms with Gasteiger partial charge in [-0.05, 0) is 153 Å². The minimum absolute atomic E-state index is 0.0154. The summed E-state index contributed by atoms with van der Waals surface area (Å²) >= 11 is 0. The summed E-state index contributed by atoms with van der Waals surface area (Å²) in [4.78, 5) is 0. The molecule has 0 saturated carbocycles. The fourth-order valence-electron chi connectivity index (χ4n) is 12.0. The van der Waals surface area contributed by atoms with Crippen LogP contribution >= 0.6 is 0 Å². The molecule has 1 unspecified atom stereocenters. The van der Waals surface area contributed by atoms with Crippen LogP contribution in [-0.2, 0) is 17.3 Å². The first-order valence-corrected chi connectivity index (χ1v) is 23.0. The maximum atomic E-state index is 2.46. The lowest BCUT2D eigenvalue weighted by Gasteiger charge is -2.23. The largest absolute Gasteiger partial charge is 0.0832 e. The van der Waals surface area contributed by atoms with Crippen molar-refractivity contribution in [3.8, 4) is 89.0 Å². The number of benzene rings is 9. The first kappa shape index (κ1) is 37.3. The van der Waals surface area contributed by atoms with E-state index in [9.17, 15) is 0 Å². The highest BCUT2D eigenvalue weighted by Crippen LogP contribution is 2.54. The molecule has 0 aromatic heterocycles. The molecule has 0 heteroatoms. The Labute approximate surface area is 377 Å². The van der Waals surface area contributed by atoms with Crippen LogP contribution in [-0.4, -0.2) is 0 Å². The third-order valence-electron chi connectivity index (χ3n) is 15.5. The molecule has 4 aliphatic rings. The van der Waals surface area contributed by atoms with Crippen LogP contribution in [0.1, 0.15) is 72.6 Å². The van der Waals surface area contributed by atoms with E-state index in [1.807, 2.05) is 0 Å². The van der Waals surface area contributed by atoms with E-state index in [2.05, 4.69) is 228 Å². The molecular formula is C64H48. The molecule has 0 nitrogen and oxygen atoms in total. The van der Waals surface area contributed by atoms with E-state index >= 15 is 0 Å². The van der Waals surface area contributed by atoms with Gasteiger partial charge in [0.05, 0.1) is 0 Å². The number of hydrogen-bond donors (Lipinski definition) is 0. The summed E-state index contributed by atoms with van der Waals surface area (Å²) in [5.74, 6) is 0.374. The van der Waals surface area contributed by atoms with E-state index in [4.69, 9.17) is 0 Å². The van der Waals surface area contributed by atoms with E-state index in [-0.39, 0.29) is 10.8 Å². The molecule has 9 aromatic rings. The quantitative estimate of drug-likeness (QED) is 0.152. The predicted octanol–water partition coefficient (Wildman–Crippen LogP) is 16.9. The van der Waals surface area contributed by atoms with Gasteiger partial charge in [0.25, 0.3) is 0 Å². The van der Waals surface area contributed by atoms with E-state index in [1.54, 1.807) is 0 Å². The highest BCUT2D eigenvalue weighted by atomic mass is 14.4. The van der Waals surface area contributed by atoms with Crippen LogP contribution in [0.15, 0.2) is 200 Å². The van der Waals surface area contributed by atoms with Crippen molar-refractivity contribution in [3.63, 3.8) is 0 Å². The number of hydrogen-bond acceptors (Lipinski definition) is 0. The summed E-state index contributed by atoms with van der Waals surface area (Å²) in [5, 5.41) is 0. The molecule has 0 fully saturated rings. The molecule has 0 aliphatic heterocycles. The number of allylic oxidation sites excluding steroid dienone is 2. The maximum absolute atomic E-state index is 2.46. The van der Waals surface area contributed by atoms with E-state index in [1.165, 1.54) is 128 Å². The van der Waals surface area contributed by atoms with Crippen molar-refractivity contribution in [2.24, 2.45) is 0 Å². The van der Waals surface area contributed by atoms with Gasteiger partial charge in [0, 0.05) is 16.7 Å². The van der Waals surface area contributed by atoms with Crippen molar-refractivity contribution in [2.75, 3.05) is 0 Å². The van der Waals surface area contributed by atoms with Gasteiger partial charge in [-0.25, -0.2) is 0 Å². The monoisotopic (exact) mass is 816 g/mol. The zero-order valence-electron chi connectivity index (χ0n) is 36.8. The lowest BCUT2D eigenvalue weighted by molar-refractivity contribution is 0.659. The summed E-state index contributed by atoms with van der Waals surface area (Å²) in [6.07, 6.45) is 5.75. The molecule has 0 heterocycles. The van der Waals surface area contributed by atoms with Crippen molar-refractivity contribution in [1.29, 1.82) is 0 Å². The van der Waals surface area contributed by atoms with Gasteiger partial charge in [-0.2, -0.15) is 0 Å². The van der Waals surface area contributed by atoms with Crippen molar-refractivity contribution in [3.05, 3.63) is 239 Å². The van der Waals surface area contributed by atoms with E-state index in [0.717, 1.165) is 6.42 Å². The Bertz CT molecular complexity index is 3420. The molecule has 0 saturated heterocycles. The van der Waals surface area contributed by atoms with Crippen LogP contribution < -0.4 is 0 Å². The minimum atomic E-state index is -0.114. The molecular weight excluding hydrogens is 769 g/mol. The third-order valence-corrected chi connectivity index (χ3v) is 15.5. The zero-order valence-corrected chi connectivity index (χ0v) is 36.8. The third kappa shape index (κ3) is 5.42. The molecule has 0 amide bonds. The molecule has 0 spiro atoms. The standard InChI is InChI=1S/C64H48/c1-63(2)58-15-8-7-12-51(58)52-32-29-46(37-59(52)63)47-30-33-54-53-31-28-45(36-60(53)64(3,4)61(54)38-47)43-22-20-41(21-23-43)39-16-18-40(19-17-39)42-24-26-44(27-25-42)48-34-35-57-50-11-6-5-10-49(50)56-14-9-13-55(48)62(56)57/h5-12,14-38,56H,13H2,1-4H3. The molecule has 304 valence electrons. The lowest BCUT2D eigenvalue weighted by atomic mass is 9.80. The number of fused-ring (bicyclic) bond motifs is 9. The van der Waals surface area contributed by atoms with Crippen LogP contribution in [0.25, 0.3) is 89.0 Å². The Balaban J connectivity index is 0.730. The fourth-order valence-corrected chi connectivity index (χ4v) is 12.0. The predicted molar refractivity (Wildman–Crippen MR) is 269 cm³/mol. The fraction of sp³-hybridized carbons (Fsp3) is 0.125. The second kappa shape index (κ2) is 13.6. The highest BCUT2D eigenvalue weighted by Gasteiger charge is 2.38. The zero-order chi connectivity index (χ0) is 42.9. The van der Waals surface area contributed by atoms with Gasteiger partial charge in [-0.3, -0.25) is 0 Å². The van der Waals surface area contributed by atoms with Crippen LogP contribution in [0.5, 0.6) is 0 Å². The van der Waals surface area contributed by atoms with Crippen LogP contribution in [0, 0.1) is 0 Å². The molecule has 64 heavy (non-hydrogen) atoms. The van der Waals surface area contributed by atoms with Gasteiger partial charge in [0.15, 0.2) is 0 Å². The molecule has 0 N–H and O–H groups in total. The lowest BCUT2D eigenvalue weighted by Crippen LogP contribution is -2.15. The van der Waals surface area contributed by atoms with Gasteiger partial charge >= 0.3 is 0 Å². The van der Waals surface area contributed by atoms with Crippen molar-refractivity contribution < 1.29 is 0 Å². The molecule has 13 rings (SSSR count). The highest BCUT2D eigenvalue weighted by molar-refractivity contribution is 5.89. The average Bonchev–Trinajstić information content (AvgIpc) is 3.88. The Hall–Kier alpha value is -7.28. The second-order valence-electron chi connectivity index (χ2n) is 19.6. The Kier molecular flexibility index (Phi) is 7.93. The topological polar surface area (TPSA) is 0 Å². The first-order valence-electron chi connectivity index (χ1n) is 23.0. The first-order chi connectivity index (χ1) is 31.2. The summed E-state index contributed by atoms with van der Waals surface area (Å²) in [5.41, 5.74) is 30.8. The Morgan fingerprint density at radius 2 is 0.703 bits per heavy atom. The van der Waals surface area contributed by atoms with Crippen LogP contribution in [0.3, 0.4) is 0 Å². The van der Waals surface area contributed by atoms with Crippen LogP contribution in [0.2, 0.25) is 0 Å². The molecule has 0 bridgehead atoms. The van der Waals surface area contributed by atoms with Crippen molar-refractivity contribution in [2.45, 2.75) is 50.9 Å². The Morgan fingerprint density at radius 3 is 1.25 bits per heavy atom. The van der Waals surface area contributed by atoms with Gasteiger partial charge in [-0.15, -0.1) is 0 Å². The van der Waals surface area contributed by atoms with Gasteiger partial charge in [-0.1, -0.05) is 210 Å². The molecule has 4 aliphatic carbocycles. The minimum Gasteiger partial charge on any atom is -0.0832 e. The van der Waals surface area contributed by atoms with Crippen LogP contribution in [0.4, 0.5) is 0 Å². The summed E-state index contributed by atoms with van der Waals surface area (Å²) in [7, 11) is 0. The molecule has 9 aromatic carbocycles. The second-order valence-corrected chi connectivity index (χ2v) is 19.6. The normalized spacial score (nSPS) is 16.1. The Morgan fingerprint density at radius 1 is 0.328 bits per heavy atom. The molecule has 1 atom stereocenters. The van der Waals surface area contributed by atoms with Gasteiger partial charge < -0.3 is 0 Å². The van der Waals surface area contributed by atoms with Crippen molar-refractivity contribution >= 4 is 0 Å². The summed E-state index contributed by atoms with van der Waals surface area (Å²) in [6.45, 7) is 9.52. The summed E-state index contributed by atoms with van der Waals surface area (Å²) in [6, 6.07) is 71.2. The van der Waals surface area contributed by atoms with E-state index in [0.29, 0.717) is 5.92 Å². The number of rotatable bonds is 5. The van der Waals surface area contributed by atoms with E-state index < -0.39 is 0 Å². The molecule has 0 radical (unpaired) electrons. The maximum Gasteiger partial charge on any atom is 0.0285 e. The summed E-state index contributed by atoms with van der Waals surface area (Å²) < 4.78 is 0.